The van der Waals surface area contributed by atoms with Crippen molar-refractivity contribution in [3.05, 3.63) is 107 Å². The van der Waals surface area contributed by atoms with Crippen LogP contribution in [0.4, 0.5) is 0 Å². The molecule has 1 atom stereocenters. The Balaban J connectivity index is 1.93. The summed E-state index contributed by atoms with van der Waals surface area (Å²) in [7, 11) is 0. The summed E-state index contributed by atoms with van der Waals surface area (Å²) in [6, 6.07) is 27.1. The van der Waals surface area contributed by atoms with E-state index >= 15 is 0 Å². The second kappa shape index (κ2) is 13.0. The minimum atomic E-state index is -0.540. The first kappa shape index (κ1) is 25.5. The van der Waals surface area contributed by atoms with Crippen molar-refractivity contribution in [2.24, 2.45) is 0 Å². The highest BCUT2D eigenvalue weighted by Crippen LogP contribution is 2.29. The van der Waals surface area contributed by atoms with E-state index in [2.05, 4.69) is 29.6 Å². The van der Waals surface area contributed by atoms with Crippen molar-refractivity contribution in [1.29, 1.82) is 0 Å². The molecule has 0 aliphatic carbocycles. The molecule has 4 nitrogen and oxygen atoms in total. The van der Waals surface area contributed by atoms with Crippen LogP contribution >= 0.6 is 11.6 Å². The fraction of sp³-hybridized carbons (Fsp3) is 0.310. The summed E-state index contributed by atoms with van der Waals surface area (Å²) in [5.41, 5.74) is 3.10. The molecule has 0 radical (unpaired) electrons. The van der Waals surface area contributed by atoms with Crippen molar-refractivity contribution in [3.8, 4) is 0 Å². The lowest BCUT2D eigenvalue weighted by Crippen LogP contribution is -2.49. The minimum absolute atomic E-state index is 0.0499. The van der Waals surface area contributed by atoms with Gasteiger partial charge in [-0.3, -0.25) is 9.59 Å². The minimum Gasteiger partial charge on any atom is -0.354 e. The Hall–Kier alpha value is -3.11. The molecule has 0 saturated carbocycles. The second-order valence-electron chi connectivity index (χ2n) is 8.44. The van der Waals surface area contributed by atoms with Gasteiger partial charge >= 0.3 is 0 Å². The van der Waals surface area contributed by atoms with Crippen LogP contribution < -0.4 is 5.32 Å². The highest BCUT2D eigenvalue weighted by molar-refractivity contribution is 6.30. The van der Waals surface area contributed by atoms with Crippen LogP contribution in [0.1, 0.15) is 55.7 Å². The van der Waals surface area contributed by atoms with Gasteiger partial charge in [-0.1, -0.05) is 98.2 Å². The predicted molar refractivity (Wildman–Crippen MR) is 139 cm³/mol. The molecule has 0 saturated heterocycles. The Bertz CT molecular complexity index is 999. The van der Waals surface area contributed by atoms with Gasteiger partial charge in [-0.15, -0.1) is 0 Å². The lowest BCUT2D eigenvalue weighted by molar-refractivity contribution is -0.141. The van der Waals surface area contributed by atoms with Gasteiger partial charge in [-0.2, -0.15) is 0 Å². The van der Waals surface area contributed by atoms with Gasteiger partial charge in [0.1, 0.15) is 6.04 Å². The third-order valence-electron chi connectivity index (χ3n) is 5.98. The number of hydrogen-bond donors (Lipinski definition) is 1. The summed E-state index contributed by atoms with van der Waals surface area (Å²) in [5, 5.41) is 3.62. The number of halogens is 1. The van der Waals surface area contributed by atoms with E-state index in [9.17, 15) is 9.59 Å². The molecule has 3 aromatic rings. The van der Waals surface area contributed by atoms with E-state index in [-0.39, 0.29) is 24.2 Å². The molecule has 0 aliphatic rings. The summed E-state index contributed by atoms with van der Waals surface area (Å²) >= 11 is 6.07. The van der Waals surface area contributed by atoms with E-state index < -0.39 is 6.04 Å². The zero-order chi connectivity index (χ0) is 24.3. The number of rotatable bonds is 11. The monoisotopic (exact) mass is 476 g/mol. The quantitative estimate of drug-likeness (QED) is 0.358. The molecule has 0 fully saturated rings. The van der Waals surface area contributed by atoms with Gasteiger partial charge < -0.3 is 10.2 Å². The van der Waals surface area contributed by atoms with Crippen molar-refractivity contribution < 1.29 is 9.59 Å². The molecule has 1 unspecified atom stereocenters. The zero-order valence-electron chi connectivity index (χ0n) is 19.9. The third-order valence-corrected chi connectivity index (χ3v) is 6.24. The van der Waals surface area contributed by atoms with Gasteiger partial charge in [0.15, 0.2) is 0 Å². The molecule has 0 bridgehead atoms. The van der Waals surface area contributed by atoms with Gasteiger partial charge in [0.2, 0.25) is 11.8 Å². The summed E-state index contributed by atoms with van der Waals surface area (Å²) < 4.78 is 0. The number of carbonyl (C=O) groups excluding carboxylic acids is 2. The number of benzene rings is 3. The molecular formula is C29H33ClN2O2. The van der Waals surface area contributed by atoms with Gasteiger partial charge in [-0.05, 0) is 41.7 Å². The molecule has 0 spiro atoms. The van der Waals surface area contributed by atoms with Crippen molar-refractivity contribution in [3.63, 3.8) is 0 Å². The lowest BCUT2D eigenvalue weighted by atomic mass is 9.88. The number of amides is 2. The molecule has 0 aliphatic heterocycles. The van der Waals surface area contributed by atoms with Gasteiger partial charge in [-0.25, -0.2) is 0 Å². The molecule has 0 aromatic heterocycles. The molecule has 3 aromatic carbocycles. The van der Waals surface area contributed by atoms with Crippen LogP contribution in [0.25, 0.3) is 0 Å². The van der Waals surface area contributed by atoms with E-state index in [1.165, 1.54) is 0 Å². The fourth-order valence-corrected chi connectivity index (χ4v) is 4.29. The Morgan fingerprint density at radius 2 is 1.41 bits per heavy atom. The number of hydrogen-bond acceptors (Lipinski definition) is 2. The molecule has 0 heterocycles. The first-order valence-corrected chi connectivity index (χ1v) is 12.3. The summed E-state index contributed by atoms with van der Waals surface area (Å²) in [6.45, 7) is 4.91. The molecule has 3 rings (SSSR count). The van der Waals surface area contributed by atoms with Crippen LogP contribution in [0.5, 0.6) is 0 Å². The molecule has 178 valence electrons. The third kappa shape index (κ3) is 6.94. The summed E-state index contributed by atoms with van der Waals surface area (Å²) in [5.74, 6) is -0.257. The number of nitrogens with one attached hydrogen (secondary N) is 1. The standard InChI is InChI=1S/C29H33ClN2O2/c1-3-19-31-29(34)27(4-2)32(21-22-15-17-25(30)18-16-22)28(33)20-26(23-11-7-5-8-12-23)24-13-9-6-10-14-24/h5-18,26-27H,3-4,19-21H2,1-2H3,(H,31,34). The lowest BCUT2D eigenvalue weighted by Gasteiger charge is -2.32. The topological polar surface area (TPSA) is 49.4 Å². The van der Waals surface area contributed by atoms with E-state index in [1.54, 1.807) is 4.90 Å². The summed E-state index contributed by atoms with van der Waals surface area (Å²) in [6.07, 6.45) is 1.66. The first-order valence-electron chi connectivity index (χ1n) is 11.9. The number of carbonyl (C=O) groups is 2. The maximum atomic E-state index is 13.9. The van der Waals surface area contributed by atoms with Crippen molar-refractivity contribution in [1.82, 2.24) is 10.2 Å². The van der Waals surface area contributed by atoms with Gasteiger partial charge in [0, 0.05) is 30.5 Å². The van der Waals surface area contributed by atoms with E-state index in [0.717, 1.165) is 23.1 Å². The molecule has 5 heteroatoms. The van der Waals surface area contributed by atoms with E-state index in [1.807, 2.05) is 74.5 Å². The Labute approximate surface area is 207 Å². The van der Waals surface area contributed by atoms with Crippen molar-refractivity contribution >= 4 is 23.4 Å². The molecule has 2 amide bonds. The summed E-state index contributed by atoms with van der Waals surface area (Å²) in [4.78, 5) is 28.6. The normalized spacial score (nSPS) is 11.8. The van der Waals surface area contributed by atoms with Crippen LogP contribution in [-0.2, 0) is 16.1 Å². The zero-order valence-corrected chi connectivity index (χ0v) is 20.7. The Kier molecular flexibility index (Phi) is 9.72. The molecular weight excluding hydrogens is 444 g/mol. The van der Waals surface area contributed by atoms with Crippen LogP contribution in [0.15, 0.2) is 84.9 Å². The highest BCUT2D eigenvalue weighted by atomic mass is 35.5. The second-order valence-corrected chi connectivity index (χ2v) is 8.88. The van der Waals surface area contributed by atoms with Crippen molar-refractivity contribution in [2.45, 2.75) is 51.6 Å². The number of nitrogens with zero attached hydrogens (tertiary/aromatic N) is 1. The van der Waals surface area contributed by atoms with Gasteiger partial charge in [0.05, 0.1) is 0 Å². The smallest absolute Gasteiger partial charge is 0.242 e. The van der Waals surface area contributed by atoms with Crippen LogP contribution in [0.3, 0.4) is 0 Å². The SMILES string of the molecule is CCCNC(=O)C(CC)N(Cc1ccc(Cl)cc1)C(=O)CC(c1ccccc1)c1ccccc1. The average molecular weight is 477 g/mol. The van der Waals surface area contributed by atoms with Crippen LogP contribution in [-0.4, -0.2) is 29.3 Å². The van der Waals surface area contributed by atoms with Crippen LogP contribution in [0, 0.1) is 0 Å². The Morgan fingerprint density at radius 3 is 1.91 bits per heavy atom. The fourth-order valence-electron chi connectivity index (χ4n) is 4.16. The maximum Gasteiger partial charge on any atom is 0.242 e. The largest absolute Gasteiger partial charge is 0.354 e. The maximum absolute atomic E-state index is 13.9. The average Bonchev–Trinajstić information content (AvgIpc) is 2.88. The first-order chi connectivity index (χ1) is 16.5. The molecule has 34 heavy (non-hydrogen) atoms. The Morgan fingerprint density at radius 1 is 0.853 bits per heavy atom. The predicted octanol–water partition coefficient (Wildman–Crippen LogP) is 6.20. The highest BCUT2D eigenvalue weighted by Gasteiger charge is 2.30. The van der Waals surface area contributed by atoms with E-state index in [4.69, 9.17) is 11.6 Å². The van der Waals surface area contributed by atoms with E-state index in [0.29, 0.717) is 24.5 Å². The van der Waals surface area contributed by atoms with Crippen LogP contribution in [0.2, 0.25) is 5.02 Å². The van der Waals surface area contributed by atoms with Crippen molar-refractivity contribution in [2.75, 3.05) is 6.54 Å². The van der Waals surface area contributed by atoms with Gasteiger partial charge in [0.25, 0.3) is 0 Å². The molecule has 1 N–H and O–H groups in total.